The van der Waals surface area contributed by atoms with Gasteiger partial charge in [-0.05, 0) is 45.6 Å². The Kier molecular flexibility index (Phi) is 6.01. The number of hydrogen-bond acceptors (Lipinski definition) is 9. The first-order chi connectivity index (χ1) is 19.1. The van der Waals surface area contributed by atoms with E-state index >= 15 is 0 Å². The van der Waals surface area contributed by atoms with Crippen LogP contribution in [0.4, 0.5) is 0 Å². The largest absolute Gasteiger partial charge is 0.482 e. The summed E-state index contributed by atoms with van der Waals surface area (Å²) in [6, 6.07) is 5.06. The molecule has 1 aliphatic carbocycles. The summed E-state index contributed by atoms with van der Waals surface area (Å²) in [5.41, 5.74) is 5.49. The minimum Gasteiger partial charge on any atom is -0.482 e. The molecule has 200 valence electrons. The van der Waals surface area contributed by atoms with Gasteiger partial charge in [-0.1, -0.05) is 5.21 Å². The first kappa shape index (κ1) is 24.2. The van der Waals surface area contributed by atoms with Gasteiger partial charge >= 0.3 is 0 Å². The van der Waals surface area contributed by atoms with Crippen LogP contribution in [-0.2, 0) is 4.74 Å². The zero-order valence-electron chi connectivity index (χ0n) is 22.2. The maximum atomic E-state index is 9.74. The number of likely N-dealkylation sites (tertiary alicyclic amines) is 1. The van der Waals surface area contributed by atoms with E-state index in [9.17, 15) is 5.26 Å². The summed E-state index contributed by atoms with van der Waals surface area (Å²) in [4.78, 5) is 11.7. The summed E-state index contributed by atoms with van der Waals surface area (Å²) in [5, 5.41) is 23.3. The molecular formula is C28H31N9O2. The van der Waals surface area contributed by atoms with Gasteiger partial charge in [0, 0.05) is 37.0 Å². The number of piperidine rings is 1. The number of hydrogen-bond donors (Lipinski definition) is 0. The molecule has 11 heteroatoms. The Morgan fingerprint density at radius 3 is 2.64 bits per heavy atom. The highest BCUT2D eigenvalue weighted by atomic mass is 16.5. The van der Waals surface area contributed by atoms with Crippen LogP contribution in [0, 0.1) is 18.3 Å². The Hall–Kier alpha value is -3.88. The van der Waals surface area contributed by atoms with Gasteiger partial charge < -0.3 is 9.47 Å². The Labute approximate surface area is 226 Å². The standard InChI is InChI=1S/C28H31N9O2/c1-17-27(33-34-37(17)22-5-7-35(8-6-22)23-15-38-16-23)20-9-26(28-21(10-29)11-31-36(28)14-20)39-18(2)24-12-30-13-25(32-24)19-3-4-19/h9,11-14,18-19,22-23H,3-8,15-16H2,1-2H3. The van der Waals surface area contributed by atoms with Crippen molar-refractivity contribution in [3.63, 3.8) is 0 Å². The summed E-state index contributed by atoms with van der Waals surface area (Å²) in [7, 11) is 0. The van der Waals surface area contributed by atoms with E-state index in [0.717, 1.165) is 80.3 Å². The van der Waals surface area contributed by atoms with E-state index in [2.05, 4.69) is 43.0 Å². The molecule has 1 atom stereocenters. The Morgan fingerprint density at radius 1 is 1.10 bits per heavy atom. The molecule has 0 N–H and O–H groups in total. The quantitative estimate of drug-likeness (QED) is 0.356. The first-order valence-corrected chi connectivity index (χ1v) is 13.7. The average molecular weight is 526 g/mol. The monoisotopic (exact) mass is 525 g/mol. The van der Waals surface area contributed by atoms with Crippen molar-refractivity contribution in [1.29, 1.82) is 5.26 Å². The van der Waals surface area contributed by atoms with E-state index in [1.165, 1.54) is 0 Å². The second kappa shape index (κ2) is 9.70. The molecule has 2 aliphatic heterocycles. The highest BCUT2D eigenvalue weighted by Gasteiger charge is 2.31. The summed E-state index contributed by atoms with van der Waals surface area (Å²) in [5.74, 6) is 1.06. The van der Waals surface area contributed by atoms with E-state index in [1.807, 2.05) is 25.4 Å². The molecule has 1 saturated carbocycles. The molecule has 4 aromatic rings. The topological polar surface area (TPSA) is 119 Å². The lowest BCUT2D eigenvalue weighted by molar-refractivity contribution is -0.0735. The van der Waals surface area contributed by atoms with E-state index in [-0.39, 0.29) is 6.10 Å². The molecule has 39 heavy (non-hydrogen) atoms. The van der Waals surface area contributed by atoms with Crippen molar-refractivity contribution in [1.82, 2.24) is 39.5 Å². The molecule has 2 saturated heterocycles. The van der Waals surface area contributed by atoms with Crippen molar-refractivity contribution < 1.29 is 9.47 Å². The van der Waals surface area contributed by atoms with Crippen LogP contribution in [0.15, 0.2) is 30.9 Å². The number of fused-ring (bicyclic) bond motifs is 1. The molecule has 1 unspecified atom stereocenters. The Balaban J connectivity index is 1.18. The molecule has 4 aromatic heterocycles. The number of nitriles is 1. The lowest BCUT2D eigenvalue weighted by Crippen LogP contribution is -2.52. The van der Waals surface area contributed by atoms with Crippen molar-refractivity contribution in [3.8, 4) is 23.1 Å². The average Bonchev–Trinajstić information content (AvgIpc) is 3.59. The number of nitrogens with zero attached hydrogens (tertiary/aromatic N) is 9. The van der Waals surface area contributed by atoms with Gasteiger partial charge in [0.05, 0.1) is 54.8 Å². The fourth-order valence-electron chi connectivity index (χ4n) is 5.69. The smallest absolute Gasteiger partial charge is 0.148 e. The predicted octanol–water partition coefficient (Wildman–Crippen LogP) is 3.62. The summed E-state index contributed by atoms with van der Waals surface area (Å²) in [6.07, 6.45) is 11.1. The van der Waals surface area contributed by atoms with Crippen molar-refractivity contribution in [2.75, 3.05) is 26.3 Å². The lowest BCUT2D eigenvalue weighted by atomic mass is 10.0. The van der Waals surface area contributed by atoms with Gasteiger partial charge in [-0.3, -0.25) is 14.9 Å². The fraction of sp³-hybridized carbons (Fsp3) is 0.500. The molecule has 3 fully saturated rings. The third kappa shape index (κ3) is 4.43. The predicted molar refractivity (Wildman–Crippen MR) is 141 cm³/mol. The van der Waals surface area contributed by atoms with Crippen LogP contribution in [0.3, 0.4) is 0 Å². The van der Waals surface area contributed by atoms with Crippen molar-refractivity contribution >= 4 is 5.52 Å². The van der Waals surface area contributed by atoms with Gasteiger partial charge in [-0.25, -0.2) is 9.20 Å². The highest BCUT2D eigenvalue weighted by molar-refractivity contribution is 5.74. The Bertz CT molecular complexity index is 1560. The molecular weight excluding hydrogens is 494 g/mol. The zero-order chi connectivity index (χ0) is 26.5. The third-order valence-electron chi connectivity index (χ3n) is 8.27. The van der Waals surface area contributed by atoms with E-state index in [0.29, 0.717) is 34.8 Å². The molecule has 3 aliphatic rings. The maximum Gasteiger partial charge on any atom is 0.148 e. The van der Waals surface area contributed by atoms with Crippen LogP contribution in [0.2, 0.25) is 0 Å². The fourth-order valence-corrected chi connectivity index (χ4v) is 5.69. The normalized spacial score (nSPS) is 19.6. The van der Waals surface area contributed by atoms with Crippen molar-refractivity contribution in [3.05, 3.63) is 53.5 Å². The number of ether oxygens (including phenoxy) is 2. The van der Waals surface area contributed by atoms with E-state index in [1.54, 1.807) is 16.9 Å². The number of pyridine rings is 1. The Morgan fingerprint density at radius 2 is 1.92 bits per heavy atom. The van der Waals surface area contributed by atoms with Gasteiger partial charge in [0.15, 0.2) is 0 Å². The molecule has 0 aromatic carbocycles. The third-order valence-corrected chi connectivity index (χ3v) is 8.27. The first-order valence-electron chi connectivity index (χ1n) is 13.7. The molecule has 7 rings (SSSR count). The van der Waals surface area contributed by atoms with Crippen LogP contribution in [0.5, 0.6) is 5.75 Å². The summed E-state index contributed by atoms with van der Waals surface area (Å²) < 4.78 is 15.6. The minimum atomic E-state index is -0.361. The van der Waals surface area contributed by atoms with Crippen LogP contribution in [0.25, 0.3) is 16.8 Å². The van der Waals surface area contributed by atoms with E-state index in [4.69, 9.17) is 14.5 Å². The minimum absolute atomic E-state index is 0.315. The van der Waals surface area contributed by atoms with Crippen molar-refractivity contribution in [2.24, 2.45) is 0 Å². The van der Waals surface area contributed by atoms with Gasteiger partial charge in [-0.15, -0.1) is 5.10 Å². The van der Waals surface area contributed by atoms with Crippen LogP contribution in [-0.4, -0.2) is 71.8 Å². The van der Waals surface area contributed by atoms with Crippen LogP contribution >= 0.6 is 0 Å². The molecule has 6 heterocycles. The lowest BCUT2D eigenvalue weighted by Gasteiger charge is -2.41. The van der Waals surface area contributed by atoms with Gasteiger partial charge in [0.25, 0.3) is 0 Å². The maximum absolute atomic E-state index is 9.74. The molecule has 0 bridgehead atoms. The molecule has 0 radical (unpaired) electrons. The second-order valence-corrected chi connectivity index (χ2v) is 10.9. The number of rotatable bonds is 7. The van der Waals surface area contributed by atoms with Gasteiger partial charge in [-0.2, -0.15) is 10.4 Å². The van der Waals surface area contributed by atoms with Crippen LogP contribution in [0.1, 0.15) is 73.3 Å². The van der Waals surface area contributed by atoms with Gasteiger partial charge in [0.1, 0.15) is 34.7 Å². The van der Waals surface area contributed by atoms with Crippen molar-refractivity contribution in [2.45, 2.75) is 63.6 Å². The second-order valence-electron chi connectivity index (χ2n) is 10.9. The molecule has 0 amide bonds. The SMILES string of the molecule is Cc1c(-c2cc(OC(C)c3cncc(C4CC4)n3)c3c(C#N)cnn3c2)nnn1C1CCN(C2COC2)CC1. The van der Waals surface area contributed by atoms with Crippen LogP contribution < -0.4 is 4.74 Å². The van der Waals surface area contributed by atoms with E-state index < -0.39 is 0 Å². The molecule has 11 nitrogen and oxygen atoms in total. The number of aromatic nitrogens is 7. The molecule has 0 spiro atoms. The summed E-state index contributed by atoms with van der Waals surface area (Å²) >= 11 is 0. The highest BCUT2D eigenvalue weighted by Crippen LogP contribution is 2.39. The summed E-state index contributed by atoms with van der Waals surface area (Å²) in [6.45, 7) is 7.81. The zero-order valence-corrected chi connectivity index (χ0v) is 22.2. The van der Waals surface area contributed by atoms with Gasteiger partial charge in [0.2, 0.25) is 0 Å².